The van der Waals surface area contributed by atoms with Gasteiger partial charge >= 0.3 is 0 Å². The van der Waals surface area contributed by atoms with Crippen LogP contribution in [0.2, 0.25) is 0 Å². The van der Waals surface area contributed by atoms with Gasteiger partial charge in [-0.3, -0.25) is 0 Å². The summed E-state index contributed by atoms with van der Waals surface area (Å²) in [4.78, 5) is 0. The van der Waals surface area contributed by atoms with Crippen LogP contribution in [0.15, 0.2) is 188 Å². The number of benzene rings is 8. The first-order chi connectivity index (χ1) is 37.5. The van der Waals surface area contributed by atoms with Crippen LogP contribution in [0.1, 0.15) is 228 Å². The SMILES string of the molecule is C.C.C.C.CC.CC.CC.CC.Cc1cc[c-]cc1.Cc1ccc2c(c1)C1(CC2(C)C)CC(C)(C)c2ccc(C)cc21.Cc1ccc2c(c1)OC1(CC2c2ccccc2)CC(c2ccccc2)c2ccc(C)cc2O1.Cc1ccccc1.[CH3-].[Y]. The van der Waals surface area contributed by atoms with E-state index in [4.69, 9.17) is 9.47 Å². The van der Waals surface area contributed by atoms with Gasteiger partial charge in [-0.25, -0.2) is 0 Å². The second-order valence-corrected chi connectivity index (χ2v) is 22.1. The van der Waals surface area contributed by atoms with Crippen LogP contribution >= 0.6 is 0 Å². The summed E-state index contributed by atoms with van der Waals surface area (Å²) in [5.74, 6) is 1.61. The van der Waals surface area contributed by atoms with Crippen molar-refractivity contribution in [3.05, 3.63) is 279 Å². The van der Waals surface area contributed by atoms with Crippen molar-refractivity contribution in [3.63, 3.8) is 0 Å². The summed E-state index contributed by atoms with van der Waals surface area (Å²) in [7, 11) is 0. The Morgan fingerprint density at radius 2 is 0.679 bits per heavy atom. The van der Waals surface area contributed by atoms with E-state index in [1.807, 2.05) is 97.9 Å². The molecule has 0 bridgehead atoms. The van der Waals surface area contributed by atoms with Crippen molar-refractivity contribution in [2.45, 2.75) is 214 Å². The van der Waals surface area contributed by atoms with Crippen LogP contribution in [0.5, 0.6) is 11.5 Å². The molecule has 0 N–H and O–H groups in total. The minimum absolute atomic E-state index is 0. The van der Waals surface area contributed by atoms with Crippen molar-refractivity contribution in [1.82, 2.24) is 0 Å². The molecule has 3 heteroatoms. The van der Waals surface area contributed by atoms with Crippen molar-refractivity contribution in [2.24, 2.45) is 0 Å². The third kappa shape index (κ3) is 19.2. The molecule has 1 radical (unpaired) electrons. The van der Waals surface area contributed by atoms with Crippen molar-refractivity contribution >= 4 is 0 Å². The maximum absolute atomic E-state index is 6.82. The van der Waals surface area contributed by atoms with Gasteiger partial charge in [0.1, 0.15) is 11.5 Å². The number of aryl methyl sites for hydroxylation is 6. The molecule has 455 valence electrons. The molecule has 8 aromatic carbocycles. The van der Waals surface area contributed by atoms with Gasteiger partial charge < -0.3 is 16.9 Å². The predicted molar refractivity (Wildman–Crippen MR) is 370 cm³/mol. The molecular weight excluding hydrogens is 1090 g/mol. The molecule has 0 amide bonds. The Bertz CT molecular complexity index is 2850. The Balaban J connectivity index is 0. The van der Waals surface area contributed by atoms with Crippen LogP contribution in [-0.4, -0.2) is 5.79 Å². The van der Waals surface area contributed by atoms with Crippen molar-refractivity contribution in [1.29, 1.82) is 0 Å². The monoisotopic (exact) mass is 1210 g/mol. The molecule has 2 atom stereocenters. The van der Waals surface area contributed by atoms with Gasteiger partial charge in [-0.1, -0.05) is 288 Å². The van der Waals surface area contributed by atoms with Gasteiger partial charge in [0.2, 0.25) is 0 Å². The van der Waals surface area contributed by atoms with Gasteiger partial charge in [-0.15, -0.1) is 0 Å². The van der Waals surface area contributed by atoms with E-state index in [0.717, 1.165) is 24.3 Å². The summed E-state index contributed by atoms with van der Waals surface area (Å²) in [6.45, 7) is 38.6. The van der Waals surface area contributed by atoms with E-state index in [9.17, 15) is 0 Å². The normalized spacial score (nSPS) is 16.9. The average molecular weight is 1210 g/mol. The third-order valence-electron chi connectivity index (χ3n) is 15.3. The van der Waals surface area contributed by atoms with Crippen molar-refractivity contribution in [2.75, 3.05) is 0 Å². The molecule has 4 aliphatic rings. The van der Waals surface area contributed by atoms with Gasteiger partial charge in [-0.05, 0) is 115 Å². The number of hydrogen-bond donors (Lipinski definition) is 0. The molecule has 0 saturated heterocycles. The summed E-state index contributed by atoms with van der Waals surface area (Å²) < 4.78 is 13.6. The Morgan fingerprint density at radius 3 is 0.988 bits per heavy atom. The molecule has 0 aromatic heterocycles. The van der Waals surface area contributed by atoms with Crippen LogP contribution in [0.4, 0.5) is 0 Å². The summed E-state index contributed by atoms with van der Waals surface area (Å²) in [5, 5.41) is 0. The molecule has 2 heterocycles. The second kappa shape index (κ2) is 37.1. The van der Waals surface area contributed by atoms with Crippen LogP contribution in [0.3, 0.4) is 0 Å². The molecule has 2 spiro atoms. The minimum atomic E-state index is -0.720. The topological polar surface area (TPSA) is 18.5 Å². The molecular formula is C81H114O2Y-2. The van der Waals surface area contributed by atoms with Gasteiger partial charge in [0.25, 0.3) is 5.79 Å². The molecule has 0 fully saturated rings. The van der Waals surface area contributed by atoms with Gasteiger partial charge in [0, 0.05) is 73.9 Å². The Hall–Kier alpha value is -5.54. The number of ether oxygens (including phenoxy) is 2. The van der Waals surface area contributed by atoms with E-state index < -0.39 is 5.79 Å². The maximum Gasteiger partial charge on any atom is 0.253 e. The average Bonchev–Trinajstić information content (AvgIpc) is 4.04. The fourth-order valence-corrected chi connectivity index (χ4v) is 12.1. The molecule has 2 aliphatic heterocycles. The minimum Gasteiger partial charge on any atom is -0.452 e. The summed E-state index contributed by atoms with van der Waals surface area (Å²) in [6.07, 6.45) is 4.03. The van der Waals surface area contributed by atoms with E-state index in [0.29, 0.717) is 0 Å². The first-order valence-corrected chi connectivity index (χ1v) is 29.4. The zero-order chi connectivity index (χ0) is 57.3. The molecule has 2 nitrogen and oxygen atoms in total. The van der Waals surface area contributed by atoms with Gasteiger partial charge in [0.05, 0.1) is 0 Å². The zero-order valence-corrected chi connectivity index (χ0v) is 55.6. The van der Waals surface area contributed by atoms with E-state index in [-0.39, 0.29) is 97.9 Å². The molecule has 0 saturated carbocycles. The molecule has 2 aliphatic carbocycles. The second-order valence-electron chi connectivity index (χ2n) is 22.1. The van der Waals surface area contributed by atoms with E-state index in [1.165, 1.54) is 68.5 Å². The van der Waals surface area contributed by atoms with Crippen molar-refractivity contribution in [3.8, 4) is 11.5 Å². The number of fused-ring (bicyclic) bond motifs is 6. The van der Waals surface area contributed by atoms with Crippen molar-refractivity contribution < 1.29 is 42.2 Å². The first-order valence-electron chi connectivity index (χ1n) is 29.4. The standard InChI is InChI=1S/C31H28O2.C23H28.C7H8.C7H7.4C2H6.4CH4.CH3.Y/c1-21-13-15-25-27(23-9-5-3-6-10-23)19-31(32-29(25)17-21)20-28(24-11-7-4-8-12-24)26-16-14-22(2)18-30(26)33-31;1-15-7-9-17-19(11-15)23(13-21(17,3)4)14-22(5,6)18-10-8-16(2)12-20(18)23;2*1-7-5-3-2-4-6-7;4*1-2;;;;;;/h3-18,27-28H,19-20H2,1-2H3;7-12H,13-14H2,1-6H3;2-6H,1H3;3-6H,1H3;4*1-2H3;4*1H4;1H3;/q;;;-1;;;;;;;;;-1;. The molecule has 8 aromatic rings. The number of hydrogen-bond acceptors (Lipinski definition) is 2. The third-order valence-corrected chi connectivity index (χ3v) is 15.3. The van der Waals surface area contributed by atoms with E-state index in [2.05, 4.69) is 221 Å². The van der Waals surface area contributed by atoms with Gasteiger partial charge in [0.15, 0.2) is 0 Å². The number of rotatable bonds is 2. The fourth-order valence-electron chi connectivity index (χ4n) is 12.1. The fraction of sp³-hybridized carbons (Fsp3) is 0.395. The Kier molecular flexibility index (Phi) is 35.6. The molecule has 12 rings (SSSR count). The van der Waals surface area contributed by atoms with E-state index in [1.54, 1.807) is 22.3 Å². The Labute approximate surface area is 543 Å². The smallest absolute Gasteiger partial charge is 0.253 e. The van der Waals surface area contributed by atoms with Crippen LogP contribution in [0.25, 0.3) is 0 Å². The van der Waals surface area contributed by atoms with Crippen LogP contribution in [0, 0.1) is 55.0 Å². The summed E-state index contributed by atoms with van der Waals surface area (Å²) in [6, 6.07) is 70.1. The summed E-state index contributed by atoms with van der Waals surface area (Å²) >= 11 is 0. The Morgan fingerprint density at radius 1 is 0.369 bits per heavy atom. The molecule has 2 unspecified atom stereocenters. The maximum atomic E-state index is 6.82. The van der Waals surface area contributed by atoms with Crippen LogP contribution < -0.4 is 9.47 Å². The molecule has 84 heavy (non-hydrogen) atoms. The zero-order valence-electron chi connectivity index (χ0n) is 52.8. The summed E-state index contributed by atoms with van der Waals surface area (Å²) in [5.41, 5.74) is 19.9. The van der Waals surface area contributed by atoms with E-state index >= 15 is 0 Å². The quantitative estimate of drug-likeness (QED) is 0.161. The largest absolute Gasteiger partial charge is 0.452 e. The first kappa shape index (κ1) is 80.5. The van der Waals surface area contributed by atoms with Gasteiger partial charge in [-0.2, -0.15) is 35.9 Å². The predicted octanol–water partition coefficient (Wildman–Crippen LogP) is 24.4. The van der Waals surface area contributed by atoms with Crippen LogP contribution in [-0.2, 0) is 49.0 Å².